The van der Waals surface area contributed by atoms with E-state index in [4.69, 9.17) is 27.3 Å². The average Bonchev–Trinajstić information content (AvgIpc) is 3.10. The molecule has 1 atom stereocenters. The second-order valence-corrected chi connectivity index (χ2v) is 8.91. The number of Topliss-reactive ketones (excluding diaryl/α,β-unsaturated/α-hetero) is 1. The van der Waals surface area contributed by atoms with Gasteiger partial charge in [0.25, 0.3) is 0 Å². The van der Waals surface area contributed by atoms with Gasteiger partial charge in [-0.2, -0.15) is 10.4 Å². The first kappa shape index (κ1) is 21.7. The lowest BCUT2D eigenvalue weighted by molar-refractivity contribution is -0.141. The summed E-state index contributed by atoms with van der Waals surface area (Å²) in [6.07, 6.45) is 2.88. The predicted molar refractivity (Wildman–Crippen MR) is 102 cm³/mol. The number of carbonyl (C=O) groups excluding carboxylic acids is 2. The van der Waals surface area contributed by atoms with Gasteiger partial charge < -0.3 is 10.5 Å². The maximum absolute atomic E-state index is 11.8. The smallest absolute Gasteiger partial charge is 0.331 e. The van der Waals surface area contributed by atoms with E-state index in [0.29, 0.717) is 17.7 Å². The van der Waals surface area contributed by atoms with E-state index in [2.05, 4.69) is 5.10 Å². The highest BCUT2D eigenvalue weighted by atomic mass is 35.5. The van der Waals surface area contributed by atoms with Crippen LogP contribution in [0.3, 0.4) is 0 Å². The maximum Gasteiger partial charge on any atom is 0.331 e. The van der Waals surface area contributed by atoms with Gasteiger partial charge >= 0.3 is 5.97 Å². The first-order valence-electron chi connectivity index (χ1n) is 8.25. The number of carbonyl (C=O) groups is 2. The van der Waals surface area contributed by atoms with Crippen molar-refractivity contribution < 1.29 is 22.7 Å². The normalized spacial score (nSPS) is 19.3. The molecule has 1 aromatic heterocycles. The van der Waals surface area contributed by atoms with E-state index in [9.17, 15) is 18.0 Å². The maximum atomic E-state index is 11.8. The number of hydrogen-bond donors (Lipinski definition) is 1. The number of esters is 1. The van der Waals surface area contributed by atoms with Crippen LogP contribution in [0.1, 0.15) is 30.6 Å². The van der Waals surface area contributed by atoms with Crippen LogP contribution >= 0.6 is 11.6 Å². The zero-order valence-corrected chi connectivity index (χ0v) is 16.9. The number of aryl methyl sites for hydroxylation is 1. The lowest BCUT2D eigenvalue weighted by atomic mass is 10.1. The van der Waals surface area contributed by atoms with E-state index in [1.54, 1.807) is 13.0 Å². The first-order valence-corrected chi connectivity index (χ1v) is 10.4. The highest BCUT2D eigenvalue weighted by Gasteiger charge is 2.31. The number of nitrogens with two attached hydrogens (primary N) is 1. The van der Waals surface area contributed by atoms with Gasteiger partial charge in [-0.25, -0.2) is 17.9 Å². The summed E-state index contributed by atoms with van der Waals surface area (Å²) in [4.78, 5) is 23.6. The molecule has 1 aromatic rings. The van der Waals surface area contributed by atoms with Gasteiger partial charge in [0.15, 0.2) is 16.4 Å². The van der Waals surface area contributed by atoms with Gasteiger partial charge in [0, 0.05) is 17.3 Å². The lowest BCUT2D eigenvalue weighted by Gasteiger charge is -2.09. The number of halogens is 1. The van der Waals surface area contributed by atoms with Crippen LogP contribution in [-0.2, 0) is 24.2 Å². The van der Waals surface area contributed by atoms with Crippen LogP contribution in [0.15, 0.2) is 17.3 Å². The van der Waals surface area contributed by atoms with Crippen molar-refractivity contribution in [2.45, 2.75) is 26.3 Å². The molecule has 2 rings (SSSR count). The third kappa shape index (κ3) is 4.99. The Labute approximate surface area is 167 Å². The van der Waals surface area contributed by atoms with Crippen LogP contribution in [-0.4, -0.2) is 48.1 Å². The number of nitrogens with zero attached hydrogens (tertiary/aromatic N) is 3. The quantitative estimate of drug-likeness (QED) is 0.404. The summed E-state index contributed by atoms with van der Waals surface area (Å²) in [5, 5.41) is 13.3. The fraction of sp³-hybridized carbons (Fsp3) is 0.412. The van der Waals surface area contributed by atoms with Crippen molar-refractivity contribution >= 4 is 39.3 Å². The molecule has 0 radical (unpaired) electrons. The molecule has 1 saturated heterocycles. The molecule has 0 saturated carbocycles. The number of ketones is 1. The SMILES string of the molecule is CC(N)=C(C#N)C(=O)COC(=O)C=Cc1c(C)nn(C2CCS(=O)(=O)C2)c1Cl. The predicted octanol–water partition coefficient (Wildman–Crippen LogP) is 1.09. The third-order valence-corrected chi connectivity index (χ3v) is 6.27. The van der Waals surface area contributed by atoms with Gasteiger partial charge in [0.1, 0.15) is 16.8 Å². The van der Waals surface area contributed by atoms with Crippen LogP contribution in [0.4, 0.5) is 0 Å². The molecule has 11 heteroatoms. The number of aromatic nitrogens is 2. The molecular weight excluding hydrogens is 408 g/mol. The second-order valence-electron chi connectivity index (χ2n) is 6.33. The third-order valence-electron chi connectivity index (χ3n) is 4.14. The van der Waals surface area contributed by atoms with Crippen LogP contribution in [0, 0.1) is 18.3 Å². The van der Waals surface area contributed by atoms with E-state index >= 15 is 0 Å². The lowest BCUT2D eigenvalue weighted by Crippen LogP contribution is -2.16. The molecule has 1 unspecified atom stereocenters. The molecule has 0 spiro atoms. The van der Waals surface area contributed by atoms with Crippen molar-refractivity contribution in [2.75, 3.05) is 18.1 Å². The fourth-order valence-corrected chi connectivity index (χ4v) is 4.78. The number of allylic oxidation sites excluding steroid dienone is 1. The summed E-state index contributed by atoms with van der Waals surface area (Å²) < 4.78 is 29.6. The van der Waals surface area contributed by atoms with Crippen molar-refractivity contribution in [3.63, 3.8) is 0 Å². The van der Waals surface area contributed by atoms with Gasteiger partial charge in [-0.15, -0.1) is 0 Å². The highest BCUT2D eigenvalue weighted by molar-refractivity contribution is 7.91. The van der Waals surface area contributed by atoms with Crippen LogP contribution in [0.25, 0.3) is 6.08 Å². The van der Waals surface area contributed by atoms with Crippen molar-refractivity contribution in [3.8, 4) is 6.07 Å². The Morgan fingerprint density at radius 1 is 1.50 bits per heavy atom. The average molecular weight is 427 g/mol. The topological polar surface area (TPSA) is 145 Å². The molecule has 0 aromatic carbocycles. The molecule has 150 valence electrons. The van der Waals surface area contributed by atoms with E-state index in [1.165, 1.54) is 17.7 Å². The van der Waals surface area contributed by atoms with Gasteiger partial charge in [0.2, 0.25) is 5.78 Å². The Balaban J connectivity index is 2.06. The largest absolute Gasteiger partial charge is 0.454 e. The molecule has 0 amide bonds. The summed E-state index contributed by atoms with van der Waals surface area (Å²) in [5.41, 5.74) is 6.16. The van der Waals surface area contributed by atoms with Gasteiger partial charge in [0.05, 0.1) is 23.2 Å². The minimum Gasteiger partial charge on any atom is -0.454 e. The van der Waals surface area contributed by atoms with Gasteiger partial charge in [-0.05, 0) is 26.3 Å². The molecule has 1 aliphatic rings. The van der Waals surface area contributed by atoms with Crippen molar-refractivity contribution in [3.05, 3.63) is 33.8 Å². The second kappa shape index (κ2) is 8.58. The molecule has 1 fully saturated rings. The molecule has 2 N–H and O–H groups in total. The van der Waals surface area contributed by atoms with Crippen molar-refractivity contribution in [1.82, 2.24) is 9.78 Å². The minimum absolute atomic E-state index is 0.0313. The molecule has 2 heterocycles. The number of sulfone groups is 1. The zero-order chi connectivity index (χ0) is 21.1. The Morgan fingerprint density at radius 3 is 2.71 bits per heavy atom. The van der Waals surface area contributed by atoms with Crippen LogP contribution in [0.2, 0.25) is 5.15 Å². The van der Waals surface area contributed by atoms with Gasteiger partial charge in [-0.1, -0.05) is 11.6 Å². The standard InChI is InChI=1S/C17H19ClN4O5S/c1-10(20)14(7-19)15(23)8-27-16(24)4-3-13-11(2)21-22(17(13)18)12-5-6-28(25,26)9-12/h3-4,12H,5-6,8-9,20H2,1-2H3. The molecule has 28 heavy (non-hydrogen) atoms. The summed E-state index contributed by atoms with van der Waals surface area (Å²) in [6.45, 7) is 2.46. The van der Waals surface area contributed by atoms with Crippen LogP contribution < -0.4 is 5.73 Å². The summed E-state index contributed by atoms with van der Waals surface area (Å²) in [7, 11) is -3.10. The minimum atomic E-state index is -3.10. The number of nitriles is 1. The highest BCUT2D eigenvalue weighted by Crippen LogP contribution is 2.30. The van der Waals surface area contributed by atoms with E-state index in [0.717, 1.165) is 6.08 Å². The first-order chi connectivity index (χ1) is 13.1. The molecule has 0 bridgehead atoms. The zero-order valence-electron chi connectivity index (χ0n) is 15.3. The summed E-state index contributed by atoms with van der Waals surface area (Å²) in [5.74, 6) is -1.46. The molecule has 9 nitrogen and oxygen atoms in total. The Morgan fingerprint density at radius 2 is 2.18 bits per heavy atom. The number of rotatable bonds is 6. The van der Waals surface area contributed by atoms with E-state index in [-0.39, 0.29) is 34.0 Å². The molecule has 0 aliphatic carbocycles. The molecular formula is C17H19ClN4O5S. The van der Waals surface area contributed by atoms with Crippen molar-refractivity contribution in [1.29, 1.82) is 5.26 Å². The monoisotopic (exact) mass is 426 g/mol. The van der Waals surface area contributed by atoms with Crippen molar-refractivity contribution in [2.24, 2.45) is 5.73 Å². The summed E-state index contributed by atoms with van der Waals surface area (Å²) in [6, 6.07) is 1.31. The fourth-order valence-electron chi connectivity index (χ4n) is 2.71. The van der Waals surface area contributed by atoms with Gasteiger partial charge in [-0.3, -0.25) is 4.79 Å². The molecule has 1 aliphatic heterocycles. The summed E-state index contributed by atoms with van der Waals surface area (Å²) >= 11 is 6.30. The van der Waals surface area contributed by atoms with E-state index in [1.807, 2.05) is 0 Å². The Bertz CT molecular complexity index is 1010. The number of ether oxygens (including phenoxy) is 1. The van der Waals surface area contributed by atoms with E-state index < -0.39 is 28.2 Å². The van der Waals surface area contributed by atoms with Crippen LogP contribution in [0.5, 0.6) is 0 Å². The Hall–Kier alpha value is -2.64. The number of hydrogen-bond acceptors (Lipinski definition) is 8. The Kier molecular flexibility index (Phi) is 6.64.